The summed E-state index contributed by atoms with van der Waals surface area (Å²) in [5.41, 5.74) is 5.20. The Kier molecular flexibility index (Phi) is 5.57. The van der Waals surface area contributed by atoms with Crippen molar-refractivity contribution in [3.8, 4) is 5.75 Å². The lowest BCUT2D eigenvalue weighted by atomic mass is 10.00. The average Bonchev–Trinajstić information content (AvgIpc) is 3.09. The topological polar surface area (TPSA) is 70.4 Å². The summed E-state index contributed by atoms with van der Waals surface area (Å²) >= 11 is 0. The number of hydrazine groups is 1. The molecule has 3 aromatic rings. The first-order valence-corrected chi connectivity index (χ1v) is 9.64. The lowest BCUT2D eigenvalue weighted by molar-refractivity contribution is -0.596. The molecule has 6 heteroatoms. The molecule has 1 fully saturated rings. The van der Waals surface area contributed by atoms with Crippen molar-refractivity contribution in [2.24, 2.45) is 0 Å². The van der Waals surface area contributed by atoms with E-state index in [1.165, 1.54) is 0 Å². The molecule has 1 saturated heterocycles. The third-order valence-electron chi connectivity index (χ3n) is 5.00. The fraction of sp³-hybridized carbons (Fsp3) is 0.125. The number of amides is 2. The number of benzene rings is 3. The summed E-state index contributed by atoms with van der Waals surface area (Å²) in [7, 11) is 1.57. The maximum atomic E-state index is 12.8. The summed E-state index contributed by atoms with van der Waals surface area (Å²) in [6.07, 6.45) is 1.87. The van der Waals surface area contributed by atoms with Crippen LogP contribution in [0.25, 0.3) is 0 Å². The third-order valence-corrected chi connectivity index (χ3v) is 5.00. The number of nitrogens with one attached hydrogen (secondary N) is 2. The maximum Gasteiger partial charge on any atom is 0.304 e. The second kappa shape index (κ2) is 8.61. The molecule has 0 aliphatic carbocycles. The minimum absolute atomic E-state index is 0.266. The molecule has 1 aliphatic heterocycles. The Morgan fingerprint density at radius 1 is 0.967 bits per heavy atom. The van der Waals surface area contributed by atoms with E-state index in [1.54, 1.807) is 36.1 Å². The van der Waals surface area contributed by atoms with Gasteiger partial charge in [0.1, 0.15) is 5.75 Å². The van der Waals surface area contributed by atoms with Crippen molar-refractivity contribution in [2.75, 3.05) is 7.11 Å². The summed E-state index contributed by atoms with van der Waals surface area (Å²) in [4.78, 5) is 25.6. The van der Waals surface area contributed by atoms with Crippen molar-refractivity contribution in [3.63, 3.8) is 0 Å². The van der Waals surface area contributed by atoms with Gasteiger partial charge >= 0.3 is 5.91 Å². The quantitative estimate of drug-likeness (QED) is 0.647. The SMILES string of the molecule is COc1ccc(C(=O)N[C@H]2C(=O)N/[N+](=C\c3ccccc3)[C@H]2c2ccccc2)cc1. The first-order chi connectivity index (χ1) is 14.7. The molecule has 30 heavy (non-hydrogen) atoms. The van der Waals surface area contributed by atoms with Crippen LogP contribution in [0.2, 0.25) is 0 Å². The van der Waals surface area contributed by atoms with Crippen LogP contribution in [0.15, 0.2) is 84.9 Å². The molecule has 1 aliphatic rings. The summed E-state index contributed by atoms with van der Waals surface area (Å²) in [6, 6.07) is 25.0. The average molecular weight is 400 g/mol. The molecule has 0 aromatic heterocycles. The number of hydrazone groups is 1. The minimum atomic E-state index is -0.748. The number of hydrogen-bond acceptors (Lipinski definition) is 3. The largest absolute Gasteiger partial charge is 0.497 e. The summed E-state index contributed by atoms with van der Waals surface area (Å²) < 4.78 is 6.89. The van der Waals surface area contributed by atoms with Gasteiger partial charge in [-0.2, -0.15) is 0 Å². The van der Waals surface area contributed by atoms with Gasteiger partial charge in [-0.25, -0.2) is 0 Å². The van der Waals surface area contributed by atoms with Crippen LogP contribution in [-0.4, -0.2) is 35.9 Å². The van der Waals surface area contributed by atoms with Crippen LogP contribution < -0.4 is 15.5 Å². The van der Waals surface area contributed by atoms with Crippen LogP contribution in [0.5, 0.6) is 5.75 Å². The second-order valence-corrected chi connectivity index (χ2v) is 6.96. The number of rotatable bonds is 5. The Balaban J connectivity index is 1.65. The zero-order valence-corrected chi connectivity index (χ0v) is 16.5. The lowest BCUT2D eigenvalue weighted by Gasteiger charge is -2.14. The molecule has 0 bridgehead atoms. The van der Waals surface area contributed by atoms with Gasteiger partial charge in [-0.1, -0.05) is 48.5 Å². The predicted molar refractivity (Wildman–Crippen MR) is 113 cm³/mol. The predicted octanol–water partition coefficient (Wildman–Crippen LogP) is 2.71. The van der Waals surface area contributed by atoms with E-state index in [-0.39, 0.29) is 17.9 Å². The van der Waals surface area contributed by atoms with Crippen LogP contribution in [0.4, 0.5) is 0 Å². The summed E-state index contributed by atoms with van der Waals surface area (Å²) in [5, 5.41) is 2.89. The van der Waals surface area contributed by atoms with Gasteiger partial charge in [-0.3, -0.25) is 9.59 Å². The number of methoxy groups -OCH3 is 1. The van der Waals surface area contributed by atoms with Crippen molar-refractivity contribution >= 4 is 18.0 Å². The van der Waals surface area contributed by atoms with Crippen LogP contribution in [0, 0.1) is 0 Å². The van der Waals surface area contributed by atoms with Crippen molar-refractivity contribution in [3.05, 3.63) is 102 Å². The smallest absolute Gasteiger partial charge is 0.304 e. The van der Waals surface area contributed by atoms with Gasteiger partial charge in [0.25, 0.3) is 5.91 Å². The van der Waals surface area contributed by atoms with Crippen molar-refractivity contribution in [1.82, 2.24) is 10.7 Å². The lowest BCUT2D eigenvalue weighted by Crippen LogP contribution is -2.42. The summed E-state index contributed by atoms with van der Waals surface area (Å²) in [5.74, 6) is 0.0779. The first-order valence-electron chi connectivity index (χ1n) is 9.64. The molecule has 2 amide bonds. The van der Waals surface area contributed by atoms with E-state index in [2.05, 4.69) is 10.7 Å². The molecule has 0 unspecified atom stereocenters. The molecule has 0 saturated carbocycles. The number of ether oxygens (including phenoxy) is 1. The van der Waals surface area contributed by atoms with Gasteiger partial charge in [-0.15, -0.1) is 10.1 Å². The van der Waals surface area contributed by atoms with E-state index in [4.69, 9.17) is 4.74 Å². The maximum absolute atomic E-state index is 12.8. The fourth-order valence-electron chi connectivity index (χ4n) is 3.50. The zero-order valence-electron chi connectivity index (χ0n) is 16.5. The summed E-state index contributed by atoms with van der Waals surface area (Å²) in [6.45, 7) is 0. The third kappa shape index (κ3) is 4.07. The number of hydrogen-bond donors (Lipinski definition) is 2. The molecule has 2 atom stereocenters. The Morgan fingerprint density at radius 2 is 1.60 bits per heavy atom. The second-order valence-electron chi connectivity index (χ2n) is 6.96. The highest BCUT2D eigenvalue weighted by atomic mass is 16.5. The highest BCUT2D eigenvalue weighted by Crippen LogP contribution is 2.25. The highest BCUT2D eigenvalue weighted by molar-refractivity contribution is 5.98. The molecule has 0 spiro atoms. The molecule has 0 radical (unpaired) electrons. The van der Waals surface area contributed by atoms with Crippen LogP contribution in [0.3, 0.4) is 0 Å². The van der Waals surface area contributed by atoms with Gasteiger partial charge in [0, 0.05) is 16.7 Å². The molecule has 6 nitrogen and oxygen atoms in total. The Bertz CT molecular complexity index is 1060. The van der Waals surface area contributed by atoms with Crippen molar-refractivity contribution in [1.29, 1.82) is 0 Å². The van der Waals surface area contributed by atoms with E-state index in [0.717, 1.165) is 11.1 Å². The van der Waals surface area contributed by atoms with Gasteiger partial charge < -0.3 is 10.1 Å². The molecule has 2 N–H and O–H groups in total. The van der Waals surface area contributed by atoms with E-state index in [1.807, 2.05) is 66.9 Å². The molecular formula is C24H22N3O3+. The highest BCUT2D eigenvalue weighted by Gasteiger charge is 2.47. The van der Waals surface area contributed by atoms with Crippen LogP contribution >= 0.6 is 0 Å². The molecule has 1 heterocycles. The number of nitrogens with zero attached hydrogens (tertiary/aromatic N) is 1. The van der Waals surface area contributed by atoms with E-state index >= 15 is 0 Å². The molecule has 4 rings (SSSR count). The zero-order chi connectivity index (χ0) is 20.9. The normalized spacial score (nSPS) is 19.4. The molecule has 3 aromatic carbocycles. The first kappa shape index (κ1) is 19.4. The van der Waals surface area contributed by atoms with Gasteiger partial charge in [0.05, 0.1) is 7.11 Å². The van der Waals surface area contributed by atoms with E-state index in [9.17, 15) is 9.59 Å². The standard InChI is InChI=1S/C24H21N3O3/c1-30-20-14-12-19(13-15-20)23(28)25-21-22(18-10-6-3-7-11-18)27(26-24(21)29)16-17-8-4-2-5-9-17/h2-16,21-22H,1H3,(H-,25,26,28,29)/p+1/b27-16-/t21-,22+/m1/s1. The van der Waals surface area contributed by atoms with Crippen LogP contribution in [0.1, 0.15) is 27.5 Å². The Morgan fingerprint density at radius 3 is 2.23 bits per heavy atom. The number of carbonyl (C=O) groups excluding carboxylic acids is 2. The number of carbonyl (C=O) groups is 2. The molecular weight excluding hydrogens is 378 g/mol. The monoisotopic (exact) mass is 400 g/mol. The van der Waals surface area contributed by atoms with Gasteiger partial charge in [0.15, 0.2) is 6.04 Å². The van der Waals surface area contributed by atoms with E-state index < -0.39 is 6.04 Å². The fourth-order valence-corrected chi connectivity index (χ4v) is 3.50. The Hall–Kier alpha value is -3.93. The van der Waals surface area contributed by atoms with Crippen molar-refractivity contribution in [2.45, 2.75) is 12.1 Å². The Labute approximate surface area is 174 Å². The van der Waals surface area contributed by atoms with Crippen LogP contribution in [-0.2, 0) is 4.79 Å². The van der Waals surface area contributed by atoms with Gasteiger partial charge in [0.2, 0.25) is 12.3 Å². The van der Waals surface area contributed by atoms with Gasteiger partial charge in [-0.05, 0) is 36.4 Å². The minimum Gasteiger partial charge on any atom is -0.497 e. The van der Waals surface area contributed by atoms with Crippen molar-refractivity contribution < 1.29 is 19.0 Å². The molecule has 150 valence electrons. The van der Waals surface area contributed by atoms with E-state index in [0.29, 0.717) is 11.3 Å².